The number of hydrogen-bond donors (Lipinski definition) is 1. The van der Waals surface area contributed by atoms with Crippen LogP contribution in [0, 0.1) is 0 Å². The van der Waals surface area contributed by atoms with E-state index >= 15 is 0 Å². The zero-order valence-electron chi connectivity index (χ0n) is 22.5. The van der Waals surface area contributed by atoms with Crippen LogP contribution in [-0.4, -0.2) is 90.0 Å². The van der Waals surface area contributed by atoms with Gasteiger partial charge in [-0.25, -0.2) is 4.98 Å². The maximum atomic E-state index is 12.8. The lowest BCUT2D eigenvalue weighted by atomic mass is 10.0. The number of rotatable bonds is 9. The molecule has 0 radical (unpaired) electrons. The van der Waals surface area contributed by atoms with Gasteiger partial charge >= 0.3 is 0 Å². The minimum absolute atomic E-state index is 0.0391. The van der Waals surface area contributed by atoms with Crippen molar-refractivity contribution in [2.24, 2.45) is 0 Å². The minimum atomic E-state index is -0.0391. The van der Waals surface area contributed by atoms with E-state index in [0.29, 0.717) is 67.5 Å². The number of likely N-dealkylation sites (tertiary alicyclic amines) is 1. The van der Waals surface area contributed by atoms with Crippen LogP contribution in [0.5, 0.6) is 11.5 Å². The van der Waals surface area contributed by atoms with E-state index in [2.05, 4.69) is 15.2 Å². The second kappa shape index (κ2) is 13.2. The number of nitrogens with one attached hydrogen (secondary N) is 1. The lowest BCUT2D eigenvalue weighted by Gasteiger charge is -2.34. The Labute approximate surface area is 230 Å². The Kier molecular flexibility index (Phi) is 9.69. The van der Waals surface area contributed by atoms with E-state index in [1.807, 2.05) is 38.1 Å². The molecule has 0 unspecified atom stereocenters. The van der Waals surface area contributed by atoms with Crippen LogP contribution in [0.15, 0.2) is 30.5 Å². The van der Waals surface area contributed by atoms with Gasteiger partial charge in [0.2, 0.25) is 5.91 Å². The van der Waals surface area contributed by atoms with Crippen LogP contribution in [0.3, 0.4) is 0 Å². The first-order valence-electron chi connectivity index (χ1n) is 13.5. The molecule has 2 aromatic rings. The summed E-state index contributed by atoms with van der Waals surface area (Å²) in [5.74, 6) is 2.12. The molecule has 2 fully saturated rings. The van der Waals surface area contributed by atoms with E-state index in [0.717, 1.165) is 43.9 Å². The normalized spacial score (nSPS) is 16.8. The quantitative estimate of drug-likeness (QED) is 0.513. The van der Waals surface area contributed by atoms with Crippen molar-refractivity contribution in [2.75, 3.05) is 57.8 Å². The first-order valence-corrected chi connectivity index (χ1v) is 13.8. The molecule has 0 spiro atoms. The van der Waals surface area contributed by atoms with Gasteiger partial charge in [0.25, 0.3) is 5.91 Å². The van der Waals surface area contributed by atoms with E-state index in [1.165, 1.54) is 0 Å². The molecule has 2 amide bonds. The Morgan fingerprint density at radius 1 is 0.974 bits per heavy atom. The molecule has 9 nitrogen and oxygen atoms in total. The van der Waals surface area contributed by atoms with Gasteiger partial charge in [0.1, 0.15) is 22.3 Å². The Morgan fingerprint density at radius 3 is 2.11 bits per heavy atom. The molecule has 0 bridgehead atoms. The fourth-order valence-electron chi connectivity index (χ4n) is 4.95. The molecule has 1 aromatic heterocycles. The zero-order valence-corrected chi connectivity index (χ0v) is 23.3. The number of carbonyl (C=O) groups is 2. The largest absolute Gasteiger partial charge is 0.492 e. The van der Waals surface area contributed by atoms with Gasteiger partial charge in [-0.3, -0.25) is 14.5 Å². The number of anilines is 1. The van der Waals surface area contributed by atoms with Crippen molar-refractivity contribution in [3.63, 3.8) is 0 Å². The van der Waals surface area contributed by atoms with Gasteiger partial charge < -0.3 is 24.6 Å². The van der Waals surface area contributed by atoms with Crippen molar-refractivity contribution in [1.29, 1.82) is 0 Å². The van der Waals surface area contributed by atoms with Crippen LogP contribution in [0.25, 0.3) is 0 Å². The highest BCUT2D eigenvalue weighted by Gasteiger charge is 2.24. The average molecular weight is 544 g/mol. The number of nitrogens with zero attached hydrogens (tertiary/aromatic N) is 4. The van der Waals surface area contributed by atoms with Crippen LogP contribution in [0.4, 0.5) is 5.82 Å². The fraction of sp³-hybridized carbons (Fsp3) is 0.536. The third-order valence-electron chi connectivity index (χ3n) is 7.03. The number of aromatic nitrogens is 1. The van der Waals surface area contributed by atoms with Crippen molar-refractivity contribution < 1.29 is 19.1 Å². The van der Waals surface area contributed by atoms with Gasteiger partial charge in [-0.05, 0) is 56.5 Å². The van der Waals surface area contributed by atoms with Crippen LogP contribution in [0.1, 0.15) is 49.5 Å². The van der Waals surface area contributed by atoms with E-state index < -0.39 is 0 Å². The summed E-state index contributed by atoms with van der Waals surface area (Å²) < 4.78 is 11.4. The molecule has 3 heterocycles. The predicted octanol–water partition coefficient (Wildman–Crippen LogP) is 3.91. The van der Waals surface area contributed by atoms with E-state index in [9.17, 15) is 9.59 Å². The first kappa shape index (κ1) is 28.0. The van der Waals surface area contributed by atoms with E-state index in [4.69, 9.17) is 21.1 Å². The molecular weight excluding hydrogens is 506 g/mol. The summed E-state index contributed by atoms with van der Waals surface area (Å²) in [5, 5.41) is 4.05. The number of piperazine rings is 1. The molecule has 0 atom stereocenters. The second-order valence-corrected chi connectivity index (χ2v) is 10.1. The Hall–Kier alpha value is -3.04. The van der Waals surface area contributed by atoms with E-state index in [-0.39, 0.29) is 11.8 Å². The van der Waals surface area contributed by atoms with Crippen molar-refractivity contribution in [3.8, 4) is 11.5 Å². The summed E-state index contributed by atoms with van der Waals surface area (Å²) >= 11 is 6.45. The molecule has 4 rings (SSSR count). The zero-order chi connectivity index (χ0) is 27.1. The topological polar surface area (TPSA) is 87.2 Å². The Bertz CT molecular complexity index is 1070. The molecule has 2 saturated heterocycles. The number of piperidine rings is 1. The van der Waals surface area contributed by atoms with Crippen molar-refractivity contribution in [1.82, 2.24) is 19.7 Å². The van der Waals surface area contributed by atoms with Crippen molar-refractivity contribution >= 4 is 29.2 Å². The summed E-state index contributed by atoms with van der Waals surface area (Å²) in [6.45, 7) is 11.5. The molecule has 1 aromatic carbocycles. The molecule has 206 valence electrons. The lowest BCUT2D eigenvalue weighted by molar-refractivity contribution is -0.130. The second-order valence-electron chi connectivity index (χ2n) is 9.70. The molecule has 1 N–H and O–H groups in total. The van der Waals surface area contributed by atoms with Gasteiger partial charge in [0, 0.05) is 65.0 Å². The summed E-state index contributed by atoms with van der Waals surface area (Å²) in [4.78, 5) is 34.8. The molecule has 0 saturated carbocycles. The number of ether oxygens (including phenoxy) is 2. The lowest BCUT2D eigenvalue weighted by Crippen LogP contribution is -2.50. The maximum absolute atomic E-state index is 12.8. The van der Waals surface area contributed by atoms with Crippen LogP contribution in [-0.2, 0) is 11.3 Å². The standard InChI is InChI=1S/C28H38ClN5O4/c1-4-37-24-16-21(17-25(27(24)29)38-5-2)19-32-10-8-23(9-11-32)31-26-7-6-22(18-30-26)28(36)34-14-12-33(13-15-34)20(3)35/h6-7,16-18,23H,4-5,8-15,19H2,1-3H3,(H,30,31). The van der Waals surface area contributed by atoms with Crippen molar-refractivity contribution in [2.45, 2.75) is 46.2 Å². The summed E-state index contributed by atoms with van der Waals surface area (Å²) in [5.41, 5.74) is 1.69. The maximum Gasteiger partial charge on any atom is 0.255 e. The highest BCUT2D eigenvalue weighted by molar-refractivity contribution is 6.33. The van der Waals surface area contributed by atoms with Crippen LogP contribution in [0.2, 0.25) is 5.02 Å². The van der Waals surface area contributed by atoms with Crippen molar-refractivity contribution in [3.05, 3.63) is 46.6 Å². The number of carbonyl (C=O) groups excluding carboxylic acids is 2. The molecular formula is C28H38ClN5O4. The smallest absolute Gasteiger partial charge is 0.255 e. The molecule has 38 heavy (non-hydrogen) atoms. The monoisotopic (exact) mass is 543 g/mol. The molecule has 0 aliphatic carbocycles. The molecule has 2 aliphatic rings. The van der Waals surface area contributed by atoms with Crippen LogP contribution >= 0.6 is 11.6 Å². The summed E-state index contributed by atoms with van der Waals surface area (Å²) in [6, 6.07) is 8.05. The minimum Gasteiger partial charge on any atom is -0.492 e. The summed E-state index contributed by atoms with van der Waals surface area (Å²) in [7, 11) is 0. The number of hydrogen-bond acceptors (Lipinski definition) is 7. The van der Waals surface area contributed by atoms with Gasteiger partial charge in [-0.15, -0.1) is 0 Å². The summed E-state index contributed by atoms with van der Waals surface area (Å²) in [6.07, 6.45) is 3.63. The highest BCUT2D eigenvalue weighted by Crippen LogP contribution is 2.36. The first-order chi connectivity index (χ1) is 18.4. The highest BCUT2D eigenvalue weighted by atomic mass is 35.5. The third-order valence-corrected chi connectivity index (χ3v) is 7.41. The van der Waals surface area contributed by atoms with Gasteiger partial charge in [0.15, 0.2) is 0 Å². The Balaban J connectivity index is 1.26. The molecule has 2 aliphatic heterocycles. The number of pyridine rings is 1. The fourth-order valence-corrected chi connectivity index (χ4v) is 5.17. The van der Waals surface area contributed by atoms with Gasteiger partial charge in [0.05, 0.1) is 18.8 Å². The number of benzene rings is 1. The third kappa shape index (κ3) is 7.08. The number of halogens is 1. The number of amides is 2. The molecule has 10 heteroatoms. The van der Waals surface area contributed by atoms with Gasteiger partial charge in [-0.2, -0.15) is 0 Å². The van der Waals surface area contributed by atoms with Gasteiger partial charge in [-0.1, -0.05) is 11.6 Å². The van der Waals surface area contributed by atoms with Crippen LogP contribution < -0.4 is 14.8 Å². The Morgan fingerprint density at radius 2 is 1.58 bits per heavy atom. The predicted molar refractivity (Wildman–Crippen MR) is 148 cm³/mol. The average Bonchev–Trinajstić information content (AvgIpc) is 2.92. The van der Waals surface area contributed by atoms with E-state index in [1.54, 1.807) is 22.9 Å². The SMILES string of the molecule is CCOc1cc(CN2CCC(Nc3ccc(C(=O)N4CCN(C(C)=O)CC4)cn3)CC2)cc(OCC)c1Cl.